The van der Waals surface area contributed by atoms with E-state index in [0.29, 0.717) is 23.6 Å². The highest BCUT2D eigenvalue weighted by molar-refractivity contribution is 7.10. The average molecular weight is 420 g/mol. The Bertz CT molecular complexity index is 979. The summed E-state index contributed by atoms with van der Waals surface area (Å²) in [5.74, 6) is -1.28. The van der Waals surface area contributed by atoms with Crippen LogP contribution in [-0.4, -0.2) is 35.4 Å². The van der Waals surface area contributed by atoms with Gasteiger partial charge in [0, 0.05) is 11.4 Å². The molecule has 0 bridgehead atoms. The third kappa shape index (κ3) is 3.31. The van der Waals surface area contributed by atoms with Gasteiger partial charge in [0.15, 0.2) is 0 Å². The Kier molecular flexibility index (Phi) is 5.82. The van der Waals surface area contributed by atoms with Gasteiger partial charge in [-0.05, 0) is 55.0 Å². The molecular formula is C21H22ClNO4S. The molecule has 1 atom stereocenters. The number of thiophene rings is 1. The Morgan fingerprint density at radius 1 is 1.32 bits per heavy atom. The number of carbonyl (C=O) groups excluding carboxylic acids is 2. The van der Waals surface area contributed by atoms with Crippen LogP contribution in [0.25, 0.3) is 5.76 Å². The molecule has 0 saturated carbocycles. The molecule has 1 aliphatic rings. The smallest absolute Gasteiger partial charge is 0.295 e. The topological polar surface area (TPSA) is 66.8 Å². The van der Waals surface area contributed by atoms with Crippen molar-refractivity contribution in [2.24, 2.45) is 0 Å². The summed E-state index contributed by atoms with van der Waals surface area (Å²) < 4.78 is 5.36. The van der Waals surface area contributed by atoms with Crippen molar-refractivity contribution in [1.82, 2.24) is 4.90 Å². The number of nitrogens with zero attached hydrogens (tertiary/aromatic N) is 1. The fraction of sp³-hybridized carbons (Fsp3) is 0.333. The predicted octanol–water partition coefficient (Wildman–Crippen LogP) is 4.86. The van der Waals surface area contributed by atoms with Gasteiger partial charge >= 0.3 is 0 Å². The monoisotopic (exact) mass is 419 g/mol. The summed E-state index contributed by atoms with van der Waals surface area (Å²) in [6, 6.07) is 4.74. The Morgan fingerprint density at radius 2 is 2.04 bits per heavy atom. The van der Waals surface area contributed by atoms with Crippen LogP contribution in [0.2, 0.25) is 5.02 Å². The number of Topliss-reactive ketones (excluding diaryl/α,β-unsaturated/α-hetero) is 1. The fourth-order valence-corrected chi connectivity index (χ4v) is 4.94. The first-order valence-electron chi connectivity index (χ1n) is 8.98. The van der Waals surface area contributed by atoms with Gasteiger partial charge in [-0.15, -0.1) is 11.3 Å². The maximum absolute atomic E-state index is 12.9. The van der Waals surface area contributed by atoms with Crippen molar-refractivity contribution in [3.05, 3.63) is 55.7 Å². The van der Waals surface area contributed by atoms with Gasteiger partial charge in [-0.3, -0.25) is 9.59 Å². The van der Waals surface area contributed by atoms with Gasteiger partial charge in [-0.2, -0.15) is 0 Å². The molecular weight excluding hydrogens is 398 g/mol. The number of ether oxygens (including phenoxy) is 1. The molecule has 1 N–H and O–H groups in total. The van der Waals surface area contributed by atoms with Gasteiger partial charge in [-0.25, -0.2) is 0 Å². The third-order valence-corrected chi connectivity index (χ3v) is 6.15. The van der Waals surface area contributed by atoms with Gasteiger partial charge in [0.05, 0.1) is 29.3 Å². The zero-order valence-electron chi connectivity index (χ0n) is 16.2. The highest BCUT2D eigenvalue weighted by atomic mass is 35.5. The maximum atomic E-state index is 12.9. The van der Waals surface area contributed by atoms with E-state index in [9.17, 15) is 14.7 Å². The first kappa shape index (κ1) is 20.4. The van der Waals surface area contributed by atoms with Gasteiger partial charge < -0.3 is 14.7 Å². The lowest BCUT2D eigenvalue weighted by molar-refractivity contribution is -0.139. The maximum Gasteiger partial charge on any atom is 0.295 e. The molecule has 28 heavy (non-hydrogen) atoms. The second-order valence-electron chi connectivity index (χ2n) is 6.79. The number of likely N-dealkylation sites (tertiary alicyclic amines) is 1. The Balaban J connectivity index is 2.29. The highest BCUT2D eigenvalue weighted by Crippen LogP contribution is 2.44. The van der Waals surface area contributed by atoms with Crippen molar-refractivity contribution in [3.8, 4) is 5.75 Å². The van der Waals surface area contributed by atoms with Crippen LogP contribution in [-0.2, 0) is 9.59 Å². The zero-order valence-corrected chi connectivity index (χ0v) is 17.8. The molecule has 1 saturated heterocycles. The van der Waals surface area contributed by atoms with E-state index < -0.39 is 17.7 Å². The lowest BCUT2D eigenvalue weighted by Crippen LogP contribution is -2.30. The molecule has 7 heteroatoms. The molecule has 0 aliphatic carbocycles. The molecule has 5 nitrogen and oxygen atoms in total. The number of ketones is 1. The second-order valence-corrected chi connectivity index (χ2v) is 8.14. The SMILES string of the molecule is CCCN1C(=O)C(=O)/C(=C(/O)c2cc(C)cc(Cl)c2OC)C1c1sccc1C. The number of carbonyl (C=O) groups is 2. The number of benzene rings is 1. The molecule has 148 valence electrons. The summed E-state index contributed by atoms with van der Waals surface area (Å²) in [6.45, 7) is 6.14. The lowest BCUT2D eigenvalue weighted by Gasteiger charge is -2.24. The lowest BCUT2D eigenvalue weighted by atomic mass is 9.97. The van der Waals surface area contributed by atoms with Gasteiger partial charge in [0.2, 0.25) is 0 Å². The van der Waals surface area contributed by atoms with Crippen molar-refractivity contribution >= 4 is 40.4 Å². The number of rotatable bonds is 5. The number of halogens is 1. The van der Waals surface area contributed by atoms with E-state index >= 15 is 0 Å². The van der Waals surface area contributed by atoms with Crippen LogP contribution in [0, 0.1) is 13.8 Å². The number of amides is 1. The van der Waals surface area contributed by atoms with E-state index in [1.54, 1.807) is 12.1 Å². The van der Waals surface area contributed by atoms with Crippen molar-refractivity contribution < 1.29 is 19.4 Å². The van der Waals surface area contributed by atoms with E-state index in [4.69, 9.17) is 16.3 Å². The van der Waals surface area contributed by atoms with Crippen LogP contribution in [0.3, 0.4) is 0 Å². The molecule has 2 heterocycles. The highest BCUT2D eigenvalue weighted by Gasteiger charge is 2.47. The average Bonchev–Trinajstić information content (AvgIpc) is 3.17. The number of aliphatic hydroxyl groups excluding tert-OH is 1. The molecule has 1 aliphatic heterocycles. The second kappa shape index (κ2) is 7.97. The van der Waals surface area contributed by atoms with Crippen molar-refractivity contribution in [2.45, 2.75) is 33.2 Å². The Morgan fingerprint density at radius 3 is 2.61 bits per heavy atom. The van der Waals surface area contributed by atoms with Crippen molar-refractivity contribution in [1.29, 1.82) is 0 Å². The molecule has 1 amide bonds. The minimum atomic E-state index is -0.691. The molecule has 1 unspecified atom stereocenters. The molecule has 0 spiro atoms. The largest absolute Gasteiger partial charge is 0.507 e. The minimum absolute atomic E-state index is 0.0731. The van der Waals surface area contributed by atoms with Crippen molar-refractivity contribution in [3.63, 3.8) is 0 Å². The summed E-state index contributed by atoms with van der Waals surface area (Å²) >= 11 is 7.74. The molecule has 2 aromatic rings. The van der Waals surface area contributed by atoms with Crippen LogP contribution >= 0.6 is 22.9 Å². The number of aryl methyl sites for hydroxylation is 2. The normalized spacial score (nSPS) is 18.8. The summed E-state index contributed by atoms with van der Waals surface area (Å²) in [7, 11) is 1.45. The molecule has 1 fully saturated rings. The molecule has 1 aromatic heterocycles. The van der Waals surface area contributed by atoms with Crippen LogP contribution < -0.4 is 4.74 Å². The van der Waals surface area contributed by atoms with Crippen LogP contribution in [0.4, 0.5) is 0 Å². The minimum Gasteiger partial charge on any atom is -0.507 e. The van der Waals surface area contributed by atoms with Crippen LogP contribution in [0.1, 0.15) is 41.0 Å². The van der Waals surface area contributed by atoms with Crippen LogP contribution in [0.15, 0.2) is 29.2 Å². The zero-order chi connectivity index (χ0) is 20.6. The first-order valence-corrected chi connectivity index (χ1v) is 10.2. The summed E-state index contributed by atoms with van der Waals surface area (Å²) in [5.41, 5.74) is 2.15. The van der Waals surface area contributed by atoms with Crippen LogP contribution in [0.5, 0.6) is 5.75 Å². The number of hydrogen-bond donors (Lipinski definition) is 1. The quantitative estimate of drug-likeness (QED) is 0.427. The van der Waals surface area contributed by atoms with E-state index in [2.05, 4.69) is 0 Å². The standard InChI is InChI=1S/C21H22ClNO4S/c1-5-7-23-16(20-12(3)6-8-28-20)15(18(25)21(23)26)17(24)13-9-11(2)10-14(22)19(13)27-4/h6,8-10,16,24H,5,7H2,1-4H3/b17-15+. The van der Waals surface area contributed by atoms with E-state index in [-0.39, 0.29) is 17.1 Å². The predicted molar refractivity (Wildman–Crippen MR) is 111 cm³/mol. The van der Waals surface area contributed by atoms with E-state index in [1.807, 2.05) is 32.2 Å². The number of methoxy groups -OCH3 is 1. The van der Waals surface area contributed by atoms with Gasteiger partial charge in [0.1, 0.15) is 11.5 Å². The first-order chi connectivity index (χ1) is 13.3. The molecule has 3 rings (SSSR count). The Labute approximate surface area is 173 Å². The van der Waals surface area contributed by atoms with Gasteiger partial charge in [0.25, 0.3) is 11.7 Å². The van der Waals surface area contributed by atoms with E-state index in [0.717, 1.165) is 16.0 Å². The number of aliphatic hydroxyl groups is 1. The summed E-state index contributed by atoms with van der Waals surface area (Å²) in [4.78, 5) is 28.0. The number of hydrogen-bond acceptors (Lipinski definition) is 5. The van der Waals surface area contributed by atoms with Gasteiger partial charge in [-0.1, -0.05) is 18.5 Å². The van der Waals surface area contributed by atoms with E-state index in [1.165, 1.54) is 23.3 Å². The fourth-order valence-electron chi connectivity index (χ4n) is 3.55. The summed E-state index contributed by atoms with van der Waals surface area (Å²) in [5, 5.41) is 13.4. The Hall–Kier alpha value is -2.31. The third-order valence-electron chi connectivity index (χ3n) is 4.80. The van der Waals surface area contributed by atoms with Crippen molar-refractivity contribution in [2.75, 3.05) is 13.7 Å². The summed E-state index contributed by atoms with van der Waals surface area (Å²) in [6.07, 6.45) is 0.702. The molecule has 1 aromatic carbocycles. The molecule has 0 radical (unpaired) electrons.